The van der Waals surface area contributed by atoms with Crippen LogP contribution in [0.3, 0.4) is 0 Å². The van der Waals surface area contributed by atoms with Crippen LogP contribution in [0.4, 0.5) is 0 Å². The van der Waals surface area contributed by atoms with Crippen LogP contribution >= 0.6 is 0 Å². The second kappa shape index (κ2) is 4.17. The van der Waals surface area contributed by atoms with Crippen molar-refractivity contribution in [3.63, 3.8) is 0 Å². The Bertz CT molecular complexity index is 365. The molecule has 1 aliphatic carbocycles. The maximum absolute atomic E-state index is 5.73. The molecule has 1 aromatic rings. The van der Waals surface area contributed by atoms with Gasteiger partial charge in [-0.05, 0) is 31.7 Å². The smallest absolute Gasteiger partial charge is 0.154 e. The predicted molar refractivity (Wildman–Crippen MR) is 62.1 cm³/mol. The predicted octanol–water partition coefficient (Wildman–Crippen LogP) is 1.46. The largest absolute Gasteiger partial charge is 0.330 e. The van der Waals surface area contributed by atoms with Crippen molar-refractivity contribution in [2.45, 2.75) is 51.0 Å². The van der Waals surface area contributed by atoms with Crippen molar-refractivity contribution in [2.24, 2.45) is 11.7 Å². The third kappa shape index (κ3) is 1.75. The van der Waals surface area contributed by atoms with E-state index in [0.29, 0.717) is 11.8 Å². The van der Waals surface area contributed by atoms with Crippen LogP contribution in [0.5, 0.6) is 0 Å². The fraction of sp³-hybridized carbons (Fsp3) is 0.833. The van der Waals surface area contributed by atoms with E-state index in [9.17, 15) is 0 Å². The minimum Gasteiger partial charge on any atom is -0.330 e. The molecule has 0 saturated heterocycles. The third-order valence-corrected chi connectivity index (χ3v) is 4.04. The minimum absolute atomic E-state index is 0.619. The average molecular weight is 220 g/mol. The molecule has 1 aromatic heterocycles. The van der Waals surface area contributed by atoms with E-state index in [0.717, 1.165) is 31.8 Å². The van der Waals surface area contributed by atoms with Gasteiger partial charge in [-0.1, -0.05) is 12.8 Å². The van der Waals surface area contributed by atoms with Crippen molar-refractivity contribution in [1.82, 2.24) is 14.8 Å². The summed E-state index contributed by atoms with van der Waals surface area (Å²) in [6.45, 7) is 1.79. The Labute approximate surface area is 96.2 Å². The summed E-state index contributed by atoms with van der Waals surface area (Å²) in [5.74, 6) is 3.52. The molecule has 1 aliphatic heterocycles. The Morgan fingerprint density at radius 3 is 2.81 bits per heavy atom. The van der Waals surface area contributed by atoms with E-state index in [4.69, 9.17) is 10.7 Å². The molecular weight excluding hydrogens is 200 g/mol. The molecule has 2 heterocycles. The number of nitrogens with two attached hydrogens (primary N) is 1. The fourth-order valence-electron chi connectivity index (χ4n) is 2.95. The summed E-state index contributed by atoms with van der Waals surface area (Å²) in [6, 6.07) is 0. The zero-order valence-electron chi connectivity index (χ0n) is 9.73. The van der Waals surface area contributed by atoms with Crippen LogP contribution in [0.1, 0.15) is 49.7 Å². The Balaban J connectivity index is 1.80. The first kappa shape index (κ1) is 10.3. The van der Waals surface area contributed by atoms with Gasteiger partial charge < -0.3 is 5.73 Å². The van der Waals surface area contributed by atoms with Gasteiger partial charge in [0.25, 0.3) is 0 Å². The van der Waals surface area contributed by atoms with Gasteiger partial charge in [0.2, 0.25) is 0 Å². The molecule has 16 heavy (non-hydrogen) atoms. The lowest BCUT2D eigenvalue weighted by atomic mass is 9.98. The van der Waals surface area contributed by atoms with E-state index in [1.807, 2.05) is 0 Å². The Hall–Kier alpha value is -0.900. The third-order valence-electron chi connectivity index (χ3n) is 4.04. The van der Waals surface area contributed by atoms with E-state index in [2.05, 4.69) is 9.78 Å². The SMILES string of the molecule is NCC1CCn2nc(C3CCCC3)nc2C1. The van der Waals surface area contributed by atoms with E-state index < -0.39 is 0 Å². The van der Waals surface area contributed by atoms with E-state index in [1.165, 1.54) is 31.5 Å². The number of aryl methyl sites for hydroxylation is 1. The highest BCUT2D eigenvalue weighted by Crippen LogP contribution is 2.33. The Morgan fingerprint density at radius 1 is 1.25 bits per heavy atom. The molecule has 0 aromatic carbocycles. The molecule has 0 spiro atoms. The van der Waals surface area contributed by atoms with Gasteiger partial charge in [0.15, 0.2) is 5.82 Å². The van der Waals surface area contributed by atoms with Crippen LogP contribution in [0.15, 0.2) is 0 Å². The average Bonchev–Trinajstić information content (AvgIpc) is 2.96. The summed E-state index contributed by atoms with van der Waals surface area (Å²) in [6.07, 6.45) is 7.45. The summed E-state index contributed by atoms with van der Waals surface area (Å²) in [7, 11) is 0. The lowest BCUT2D eigenvalue weighted by Gasteiger charge is -2.19. The molecule has 2 N–H and O–H groups in total. The highest BCUT2D eigenvalue weighted by Gasteiger charge is 2.25. The van der Waals surface area contributed by atoms with Crippen molar-refractivity contribution < 1.29 is 0 Å². The van der Waals surface area contributed by atoms with E-state index in [-0.39, 0.29) is 0 Å². The van der Waals surface area contributed by atoms with Crippen molar-refractivity contribution >= 4 is 0 Å². The number of fused-ring (bicyclic) bond motifs is 1. The second-order valence-corrected chi connectivity index (χ2v) is 5.19. The van der Waals surface area contributed by atoms with Gasteiger partial charge in [-0.3, -0.25) is 0 Å². The van der Waals surface area contributed by atoms with Crippen LogP contribution in [-0.2, 0) is 13.0 Å². The molecule has 0 amide bonds. The molecule has 4 nitrogen and oxygen atoms in total. The van der Waals surface area contributed by atoms with Gasteiger partial charge in [-0.2, -0.15) is 5.10 Å². The van der Waals surface area contributed by atoms with Crippen molar-refractivity contribution in [2.75, 3.05) is 6.54 Å². The number of hydrogen-bond donors (Lipinski definition) is 1. The first-order valence-electron chi connectivity index (χ1n) is 6.50. The standard InChI is InChI=1S/C12H20N4/c13-8-9-5-6-16-11(7-9)14-12(15-16)10-3-1-2-4-10/h9-10H,1-8,13H2. The molecule has 3 rings (SSSR count). The molecule has 88 valence electrons. The van der Waals surface area contributed by atoms with Gasteiger partial charge >= 0.3 is 0 Å². The van der Waals surface area contributed by atoms with Crippen LogP contribution in [-0.4, -0.2) is 21.3 Å². The van der Waals surface area contributed by atoms with E-state index >= 15 is 0 Å². The van der Waals surface area contributed by atoms with Crippen molar-refractivity contribution in [1.29, 1.82) is 0 Å². The van der Waals surface area contributed by atoms with Crippen LogP contribution in [0, 0.1) is 5.92 Å². The summed E-state index contributed by atoms with van der Waals surface area (Å²) in [5, 5.41) is 4.67. The monoisotopic (exact) mass is 220 g/mol. The van der Waals surface area contributed by atoms with Gasteiger partial charge in [0.1, 0.15) is 5.82 Å². The fourth-order valence-corrected chi connectivity index (χ4v) is 2.95. The molecular formula is C12H20N4. The second-order valence-electron chi connectivity index (χ2n) is 5.19. The first-order chi connectivity index (χ1) is 7.86. The topological polar surface area (TPSA) is 56.7 Å². The summed E-state index contributed by atoms with van der Waals surface area (Å²) < 4.78 is 2.11. The number of nitrogens with zero attached hydrogens (tertiary/aromatic N) is 3. The quantitative estimate of drug-likeness (QED) is 0.821. The van der Waals surface area contributed by atoms with Gasteiger partial charge in [-0.15, -0.1) is 0 Å². The maximum atomic E-state index is 5.73. The molecule has 1 fully saturated rings. The van der Waals surface area contributed by atoms with Gasteiger partial charge in [0, 0.05) is 18.9 Å². The van der Waals surface area contributed by atoms with Crippen LogP contribution < -0.4 is 5.73 Å². The molecule has 4 heteroatoms. The van der Waals surface area contributed by atoms with Crippen molar-refractivity contribution in [3.8, 4) is 0 Å². The first-order valence-corrected chi connectivity index (χ1v) is 6.50. The van der Waals surface area contributed by atoms with Gasteiger partial charge in [0.05, 0.1) is 0 Å². The molecule has 1 unspecified atom stereocenters. The lowest BCUT2D eigenvalue weighted by molar-refractivity contribution is 0.368. The van der Waals surface area contributed by atoms with Crippen LogP contribution in [0.2, 0.25) is 0 Å². The van der Waals surface area contributed by atoms with Crippen LogP contribution in [0.25, 0.3) is 0 Å². The summed E-state index contributed by atoms with van der Waals surface area (Å²) >= 11 is 0. The molecule has 1 saturated carbocycles. The van der Waals surface area contributed by atoms with Crippen molar-refractivity contribution in [3.05, 3.63) is 11.6 Å². The number of rotatable bonds is 2. The maximum Gasteiger partial charge on any atom is 0.154 e. The normalized spacial score (nSPS) is 25.9. The molecule has 2 aliphatic rings. The Morgan fingerprint density at radius 2 is 2.06 bits per heavy atom. The van der Waals surface area contributed by atoms with Gasteiger partial charge in [-0.25, -0.2) is 9.67 Å². The minimum atomic E-state index is 0.619. The molecule has 1 atom stereocenters. The number of aromatic nitrogens is 3. The zero-order chi connectivity index (χ0) is 11.0. The highest BCUT2D eigenvalue weighted by atomic mass is 15.4. The zero-order valence-corrected chi connectivity index (χ0v) is 9.73. The summed E-state index contributed by atoms with van der Waals surface area (Å²) in [5.41, 5.74) is 5.73. The van der Waals surface area contributed by atoms with E-state index in [1.54, 1.807) is 0 Å². The lowest BCUT2D eigenvalue weighted by Crippen LogP contribution is -2.26. The summed E-state index contributed by atoms with van der Waals surface area (Å²) in [4.78, 5) is 4.73. The number of hydrogen-bond acceptors (Lipinski definition) is 3. The molecule has 0 radical (unpaired) electrons. The molecule has 0 bridgehead atoms. The Kier molecular flexibility index (Phi) is 2.67. The highest BCUT2D eigenvalue weighted by molar-refractivity contribution is 5.03.